The van der Waals surface area contributed by atoms with Crippen molar-refractivity contribution in [3.63, 3.8) is 0 Å². The third-order valence-corrected chi connectivity index (χ3v) is 2.70. The second-order valence-corrected chi connectivity index (χ2v) is 4.06. The fourth-order valence-corrected chi connectivity index (χ4v) is 1.62. The maximum Gasteiger partial charge on any atom is 0.119 e. The first-order valence-corrected chi connectivity index (χ1v) is 5.85. The van der Waals surface area contributed by atoms with Gasteiger partial charge in [-0.25, -0.2) is 0 Å². The molecule has 0 amide bonds. The second-order valence-electron chi connectivity index (χ2n) is 4.06. The Bertz CT molecular complexity index is 500. The fourth-order valence-electron chi connectivity index (χ4n) is 1.62. The molecule has 2 aromatic carbocycles. The number of benzene rings is 2. The Morgan fingerprint density at radius 1 is 1.00 bits per heavy atom. The summed E-state index contributed by atoms with van der Waals surface area (Å²) in [5.41, 5.74) is 2.91. The zero-order valence-electron chi connectivity index (χ0n) is 10.2. The van der Waals surface area contributed by atoms with Crippen molar-refractivity contribution in [3.8, 4) is 5.75 Å². The highest BCUT2D eigenvalue weighted by atomic mass is 16.5. The van der Waals surface area contributed by atoms with Crippen molar-refractivity contribution in [1.29, 1.82) is 0 Å². The van der Waals surface area contributed by atoms with Gasteiger partial charge in [-0.05, 0) is 28.8 Å². The van der Waals surface area contributed by atoms with Gasteiger partial charge in [0.1, 0.15) is 12.4 Å². The molecule has 0 unspecified atom stereocenters. The number of hydrogen-bond acceptors (Lipinski definition) is 2. The molecular formula is C16H16O2. The van der Waals surface area contributed by atoms with Gasteiger partial charge in [0, 0.05) is 0 Å². The molecule has 1 N–H and O–H groups in total. The minimum absolute atomic E-state index is 0.0526. The first-order valence-electron chi connectivity index (χ1n) is 5.85. The molecule has 0 fully saturated rings. The third kappa shape index (κ3) is 3.22. The van der Waals surface area contributed by atoms with Crippen molar-refractivity contribution < 1.29 is 9.84 Å². The first kappa shape index (κ1) is 12.4. The predicted octanol–water partition coefficient (Wildman–Crippen LogP) is 3.27. The summed E-state index contributed by atoms with van der Waals surface area (Å²) in [6.45, 7) is 4.52. The van der Waals surface area contributed by atoms with E-state index in [0.717, 1.165) is 22.4 Å². The fraction of sp³-hybridized carbons (Fsp3) is 0.125. The largest absolute Gasteiger partial charge is 0.489 e. The highest BCUT2D eigenvalue weighted by Crippen LogP contribution is 2.16. The van der Waals surface area contributed by atoms with Crippen LogP contribution in [-0.4, -0.2) is 11.7 Å². The molecular weight excluding hydrogens is 224 g/mol. The standard InChI is InChI=1S/C16H16O2/c1-13(15-5-3-2-4-6-15)12-18-16-9-7-14(11-17)8-10-16/h2-10,17H,1,11-12H2. The molecule has 0 aromatic heterocycles. The van der Waals surface area contributed by atoms with Gasteiger partial charge in [-0.15, -0.1) is 0 Å². The lowest BCUT2D eigenvalue weighted by atomic mass is 10.1. The summed E-state index contributed by atoms with van der Waals surface area (Å²) in [5.74, 6) is 0.782. The quantitative estimate of drug-likeness (QED) is 0.869. The van der Waals surface area contributed by atoms with Crippen molar-refractivity contribution in [2.45, 2.75) is 6.61 Å². The molecule has 0 aliphatic heterocycles. The highest BCUT2D eigenvalue weighted by Gasteiger charge is 2.00. The molecule has 0 spiro atoms. The van der Waals surface area contributed by atoms with Gasteiger partial charge in [0.05, 0.1) is 6.61 Å². The van der Waals surface area contributed by atoms with E-state index in [2.05, 4.69) is 6.58 Å². The Morgan fingerprint density at radius 3 is 2.28 bits per heavy atom. The minimum atomic E-state index is 0.0526. The number of rotatable bonds is 5. The molecule has 2 rings (SSSR count). The van der Waals surface area contributed by atoms with E-state index >= 15 is 0 Å². The smallest absolute Gasteiger partial charge is 0.119 e. The zero-order valence-corrected chi connectivity index (χ0v) is 10.2. The summed E-state index contributed by atoms with van der Waals surface area (Å²) in [6, 6.07) is 17.4. The topological polar surface area (TPSA) is 29.5 Å². The van der Waals surface area contributed by atoms with Gasteiger partial charge < -0.3 is 9.84 Å². The Balaban J connectivity index is 1.93. The maximum atomic E-state index is 8.94. The van der Waals surface area contributed by atoms with Crippen LogP contribution in [0, 0.1) is 0 Å². The van der Waals surface area contributed by atoms with Crippen LogP contribution in [-0.2, 0) is 6.61 Å². The van der Waals surface area contributed by atoms with Crippen LogP contribution < -0.4 is 4.74 Å². The predicted molar refractivity (Wildman–Crippen MR) is 73.3 cm³/mol. The summed E-state index contributed by atoms with van der Waals surface area (Å²) in [6.07, 6.45) is 0. The molecule has 0 saturated carbocycles. The molecule has 92 valence electrons. The minimum Gasteiger partial charge on any atom is -0.489 e. The lowest BCUT2D eigenvalue weighted by Crippen LogP contribution is -1.99. The summed E-state index contributed by atoms with van der Waals surface area (Å²) >= 11 is 0. The molecule has 0 radical (unpaired) electrons. The lowest BCUT2D eigenvalue weighted by Gasteiger charge is -2.09. The Kier molecular flexibility index (Phi) is 4.15. The third-order valence-electron chi connectivity index (χ3n) is 2.70. The van der Waals surface area contributed by atoms with Gasteiger partial charge in [-0.1, -0.05) is 49.0 Å². The van der Waals surface area contributed by atoms with E-state index < -0.39 is 0 Å². The SMILES string of the molecule is C=C(COc1ccc(CO)cc1)c1ccccc1. The van der Waals surface area contributed by atoms with E-state index in [4.69, 9.17) is 9.84 Å². The number of ether oxygens (including phenoxy) is 1. The van der Waals surface area contributed by atoms with Gasteiger partial charge in [-0.3, -0.25) is 0 Å². The van der Waals surface area contributed by atoms with Crippen LogP contribution in [0.5, 0.6) is 5.75 Å². The molecule has 0 bridgehead atoms. The normalized spacial score (nSPS) is 10.1. The second kappa shape index (κ2) is 6.03. The average Bonchev–Trinajstić information content (AvgIpc) is 2.46. The number of hydrogen-bond donors (Lipinski definition) is 1. The highest BCUT2D eigenvalue weighted by molar-refractivity contribution is 5.64. The van der Waals surface area contributed by atoms with Crippen molar-refractivity contribution in [2.75, 3.05) is 6.61 Å². The summed E-state index contributed by atoms with van der Waals surface area (Å²) in [5, 5.41) is 8.94. The van der Waals surface area contributed by atoms with Gasteiger partial charge in [0.2, 0.25) is 0 Å². The van der Waals surface area contributed by atoms with Crippen LogP contribution in [0.1, 0.15) is 11.1 Å². The van der Waals surface area contributed by atoms with Crippen LogP contribution >= 0.6 is 0 Å². The van der Waals surface area contributed by atoms with Gasteiger partial charge in [-0.2, -0.15) is 0 Å². The molecule has 0 saturated heterocycles. The lowest BCUT2D eigenvalue weighted by molar-refractivity contribution is 0.281. The van der Waals surface area contributed by atoms with E-state index in [9.17, 15) is 0 Å². The van der Waals surface area contributed by atoms with Gasteiger partial charge in [0.15, 0.2) is 0 Å². The zero-order chi connectivity index (χ0) is 12.8. The first-order chi connectivity index (χ1) is 8.79. The van der Waals surface area contributed by atoms with E-state index in [0.29, 0.717) is 6.61 Å². The van der Waals surface area contributed by atoms with Crippen molar-refractivity contribution in [3.05, 3.63) is 72.3 Å². The molecule has 0 aliphatic carbocycles. The molecule has 0 atom stereocenters. The van der Waals surface area contributed by atoms with Crippen LogP contribution in [0.15, 0.2) is 61.2 Å². The van der Waals surface area contributed by atoms with E-state index in [1.807, 2.05) is 54.6 Å². The van der Waals surface area contributed by atoms with Crippen LogP contribution in [0.2, 0.25) is 0 Å². The maximum absolute atomic E-state index is 8.94. The van der Waals surface area contributed by atoms with Crippen LogP contribution in [0.25, 0.3) is 5.57 Å². The van der Waals surface area contributed by atoms with Crippen LogP contribution in [0.3, 0.4) is 0 Å². The molecule has 2 heteroatoms. The van der Waals surface area contributed by atoms with Gasteiger partial charge in [0.25, 0.3) is 0 Å². The molecule has 18 heavy (non-hydrogen) atoms. The van der Waals surface area contributed by atoms with Crippen molar-refractivity contribution in [2.24, 2.45) is 0 Å². The molecule has 0 aliphatic rings. The van der Waals surface area contributed by atoms with Gasteiger partial charge >= 0.3 is 0 Å². The van der Waals surface area contributed by atoms with Crippen molar-refractivity contribution in [1.82, 2.24) is 0 Å². The summed E-state index contributed by atoms with van der Waals surface area (Å²) < 4.78 is 5.64. The molecule has 0 heterocycles. The Hall–Kier alpha value is -2.06. The molecule has 2 nitrogen and oxygen atoms in total. The van der Waals surface area contributed by atoms with Crippen molar-refractivity contribution >= 4 is 5.57 Å². The molecule has 2 aromatic rings. The van der Waals surface area contributed by atoms with E-state index in [-0.39, 0.29) is 6.61 Å². The number of aliphatic hydroxyl groups excluding tert-OH is 1. The summed E-state index contributed by atoms with van der Waals surface area (Å²) in [7, 11) is 0. The monoisotopic (exact) mass is 240 g/mol. The number of aliphatic hydroxyl groups is 1. The average molecular weight is 240 g/mol. The summed E-state index contributed by atoms with van der Waals surface area (Å²) in [4.78, 5) is 0. The Labute approximate surface area is 107 Å². The van der Waals surface area contributed by atoms with E-state index in [1.165, 1.54) is 0 Å². The van der Waals surface area contributed by atoms with E-state index in [1.54, 1.807) is 0 Å². The Morgan fingerprint density at radius 2 is 1.67 bits per heavy atom. The van der Waals surface area contributed by atoms with Crippen LogP contribution in [0.4, 0.5) is 0 Å².